The molecule has 18 heavy (non-hydrogen) atoms. The zero-order valence-corrected chi connectivity index (χ0v) is 11.9. The number of hydrogen-bond donors (Lipinski definition) is 1. The number of alkyl halides is 3. The molecule has 1 aliphatic rings. The Bertz CT molecular complexity index is 258. The van der Waals surface area contributed by atoms with Crippen LogP contribution in [0.2, 0.25) is 0 Å². The lowest BCUT2D eigenvalue weighted by molar-refractivity contribution is -0.183. The van der Waals surface area contributed by atoms with Gasteiger partial charge in [0.1, 0.15) is 0 Å². The van der Waals surface area contributed by atoms with Crippen LogP contribution in [0.1, 0.15) is 53.4 Å². The molecule has 1 fully saturated rings. The van der Waals surface area contributed by atoms with Gasteiger partial charge in [0.05, 0.1) is 5.92 Å². The van der Waals surface area contributed by atoms with Crippen LogP contribution in [0, 0.1) is 17.3 Å². The van der Waals surface area contributed by atoms with Crippen LogP contribution >= 0.6 is 0 Å². The molecule has 1 saturated carbocycles. The summed E-state index contributed by atoms with van der Waals surface area (Å²) >= 11 is 0. The van der Waals surface area contributed by atoms with Crippen LogP contribution in [0.15, 0.2) is 0 Å². The van der Waals surface area contributed by atoms with Crippen LogP contribution < -0.4 is 5.32 Å². The van der Waals surface area contributed by atoms with Gasteiger partial charge in [-0.2, -0.15) is 13.2 Å². The first kappa shape index (κ1) is 15.8. The smallest absolute Gasteiger partial charge is 0.313 e. The van der Waals surface area contributed by atoms with Crippen molar-refractivity contribution in [1.82, 2.24) is 5.32 Å². The fourth-order valence-electron chi connectivity index (χ4n) is 2.28. The standard InChI is InChI=1S/C14H26F3N/c1-10(2)13(3,4)9-18-12-7-5-6-11(8-12)14(15,16)17/h10-12,18H,5-9H2,1-4H3. The maximum atomic E-state index is 12.7. The minimum absolute atomic E-state index is 0.0309. The van der Waals surface area contributed by atoms with E-state index in [2.05, 4.69) is 33.0 Å². The lowest BCUT2D eigenvalue weighted by atomic mass is 9.80. The Labute approximate surface area is 109 Å². The van der Waals surface area contributed by atoms with Crippen molar-refractivity contribution in [3.05, 3.63) is 0 Å². The molecule has 0 radical (unpaired) electrons. The van der Waals surface area contributed by atoms with E-state index in [1.165, 1.54) is 0 Å². The second-order valence-electron chi connectivity index (χ2n) is 6.63. The molecule has 0 heterocycles. The van der Waals surface area contributed by atoms with E-state index in [4.69, 9.17) is 0 Å². The summed E-state index contributed by atoms with van der Waals surface area (Å²) in [5.74, 6) is -0.585. The lowest BCUT2D eigenvalue weighted by Gasteiger charge is -2.35. The number of rotatable bonds is 4. The molecule has 0 aromatic carbocycles. The van der Waals surface area contributed by atoms with Gasteiger partial charge >= 0.3 is 6.18 Å². The van der Waals surface area contributed by atoms with E-state index in [0.717, 1.165) is 13.0 Å². The Morgan fingerprint density at radius 2 is 1.78 bits per heavy atom. The SMILES string of the molecule is CC(C)C(C)(C)CNC1CCCC(C(F)(F)F)C1. The molecule has 1 N–H and O–H groups in total. The summed E-state index contributed by atoms with van der Waals surface area (Å²) < 4.78 is 38.1. The van der Waals surface area contributed by atoms with Crippen LogP contribution in [0.5, 0.6) is 0 Å². The molecule has 1 nitrogen and oxygen atoms in total. The van der Waals surface area contributed by atoms with Gasteiger partial charge in [0, 0.05) is 12.6 Å². The van der Waals surface area contributed by atoms with Gasteiger partial charge in [-0.15, -0.1) is 0 Å². The Morgan fingerprint density at radius 1 is 1.17 bits per heavy atom. The largest absolute Gasteiger partial charge is 0.391 e. The molecule has 0 spiro atoms. The van der Waals surface area contributed by atoms with Gasteiger partial charge < -0.3 is 5.32 Å². The van der Waals surface area contributed by atoms with Crippen molar-refractivity contribution in [3.63, 3.8) is 0 Å². The molecule has 0 bridgehead atoms. The van der Waals surface area contributed by atoms with Crippen molar-refractivity contribution in [3.8, 4) is 0 Å². The zero-order valence-electron chi connectivity index (χ0n) is 11.9. The van der Waals surface area contributed by atoms with Crippen molar-refractivity contribution >= 4 is 0 Å². The normalized spacial score (nSPS) is 26.7. The second-order valence-corrected chi connectivity index (χ2v) is 6.63. The van der Waals surface area contributed by atoms with E-state index >= 15 is 0 Å². The Hall–Kier alpha value is -0.250. The molecule has 0 aliphatic heterocycles. The van der Waals surface area contributed by atoms with Crippen molar-refractivity contribution in [2.45, 2.75) is 65.6 Å². The zero-order chi connectivity index (χ0) is 14.0. The quantitative estimate of drug-likeness (QED) is 0.795. The van der Waals surface area contributed by atoms with Crippen molar-refractivity contribution in [2.24, 2.45) is 17.3 Å². The van der Waals surface area contributed by atoms with Crippen LogP contribution in [-0.2, 0) is 0 Å². The Balaban J connectivity index is 2.44. The van der Waals surface area contributed by atoms with E-state index in [1.807, 2.05) is 0 Å². The van der Waals surface area contributed by atoms with Crippen LogP contribution in [0.4, 0.5) is 13.2 Å². The third-order valence-electron chi connectivity index (χ3n) is 4.55. The maximum Gasteiger partial charge on any atom is 0.391 e. The molecule has 0 amide bonds. The monoisotopic (exact) mass is 265 g/mol. The summed E-state index contributed by atoms with van der Waals surface area (Å²) in [6, 6.07) is 0.0309. The van der Waals surface area contributed by atoms with E-state index < -0.39 is 12.1 Å². The lowest BCUT2D eigenvalue weighted by Crippen LogP contribution is -2.43. The maximum absolute atomic E-state index is 12.7. The third kappa shape index (κ3) is 4.45. The molecule has 108 valence electrons. The molecular formula is C14H26F3N. The van der Waals surface area contributed by atoms with Crippen LogP contribution in [0.25, 0.3) is 0 Å². The van der Waals surface area contributed by atoms with Gasteiger partial charge in [-0.05, 0) is 30.6 Å². The van der Waals surface area contributed by atoms with E-state index in [-0.39, 0.29) is 17.9 Å². The van der Waals surface area contributed by atoms with Crippen LogP contribution in [-0.4, -0.2) is 18.8 Å². The summed E-state index contributed by atoms with van der Waals surface area (Å²) in [7, 11) is 0. The van der Waals surface area contributed by atoms with Gasteiger partial charge in [0.2, 0.25) is 0 Å². The highest BCUT2D eigenvalue weighted by Crippen LogP contribution is 2.37. The van der Waals surface area contributed by atoms with Crippen molar-refractivity contribution in [2.75, 3.05) is 6.54 Å². The minimum atomic E-state index is -4.02. The van der Waals surface area contributed by atoms with Crippen molar-refractivity contribution in [1.29, 1.82) is 0 Å². The van der Waals surface area contributed by atoms with E-state index in [0.29, 0.717) is 18.8 Å². The molecule has 0 saturated heterocycles. The fourth-order valence-corrected chi connectivity index (χ4v) is 2.28. The first-order valence-electron chi connectivity index (χ1n) is 6.93. The molecule has 0 aromatic heterocycles. The van der Waals surface area contributed by atoms with Gasteiger partial charge in [0.15, 0.2) is 0 Å². The molecular weight excluding hydrogens is 239 g/mol. The summed E-state index contributed by atoms with van der Waals surface area (Å²) in [6.45, 7) is 9.42. The van der Waals surface area contributed by atoms with Gasteiger partial charge in [0.25, 0.3) is 0 Å². The number of hydrogen-bond acceptors (Lipinski definition) is 1. The van der Waals surface area contributed by atoms with Gasteiger partial charge in [-0.1, -0.05) is 34.1 Å². The van der Waals surface area contributed by atoms with Crippen LogP contribution in [0.3, 0.4) is 0 Å². The highest BCUT2D eigenvalue weighted by Gasteiger charge is 2.42. The predicted octanol–water partition coefficient (Wildman–Crippen LogP) is 4.38. The topological polar surface area (TPSA) is 12.0 Å². The van der Waals surface area contributed by atoms with Crippen molar-refractivity contribution < 1.29 is 13.2 Å². The average Bonchev–Trinajstić information content (AvgIpc) is 2.25. The van der Waals surface area contributed by atoms with E-state index in [9.17, 15) is 13.2 Å². The minimum Gasteiger partial charge on any atom is -0.313 e. The first-order chi connectivity index (χ1) is 8.13. The molecule has 2 atom stereocenters. The molecule has 1 aliphatic carbocycles. The summed E-state index contributed by atoms with van der Waals surface area (Å²) in [5.41, 5.74) is 0.130. The molecule has 1 rings (SSSR count). The Kier molecular flexibility index (Phi) is 5.10. The molecule has 0 aromatic rings. The van der Waals surface area contributed by atoms with Gasteiger partial charge in [-0.3, -0.25) is 0 Å². The summed E-state index contributed by atoms with van der Waals surface area (Å²) in [5, 5.41) is 3.35. The Morgan fingerprint density at radius 3 is 2.28 bits per heavy atom. The predicted molar refractivity (Wildman–Crippen MR) is 68.4 cm³/mol. The van der Waals surface area contributed by atoms with E-state index in [1.54, 1.807) is 0 Å². The third-order valence-corrected chi connectivity index (χ3v) is 4.55. The molecule has 4 heteroatoms. The highest BCUT2D eigenvalue weighted by atomic mass is 19.4. The summed E-state index contributed by atoms with van der Waals surface area (Å²) in [6.07, 6.45) is -1.91. The molecule has 2 unspecified atom stereocenters. The number of nitrogens with one attached hydrogen (secondary N) is 1. The first-order valence-corrected chi connectivity index (χ1v) is 6.93. The average molecular weight is 265 g/mol. The van der Waals surface area contributed by atoms with Gasteiger partial charge in [-0.25, -0.2) is 0 Å². The number of halogens is 3. The summed E-state index contributed by atoms with van der Waals surface area (Å²) in [4.78, 5) is 0. The second kappa shape index (κ2) is 5.81. The highest BCUT2D eigenvalue weighted by molar-refractivity contribution is 4.84. The fraction of sp³-hybridized carbons (Fsp3) is 1.00.